The third kappa shape index (κ3) is 3.53. The zero-order chi connectivity index (χ0) is 14.7. The van der Waals surface area contributed by atoms with Crippen molar-refractivity contribution in [2.75, 3.05) is 0 Å². The molecule has 0 heterocycles. The van der Waals surface area contributed by atoms with E-state index in [9.17, 15) is 9.90 Å². The van der Waals surface area contributed by atoms with Gasteiger partial charge in [0.1, 0.15) is 5.75 Å². The summed E-state index contributed by atoms with van der Waals surface area (Å²) in [7, 11) is 0. The lowest BCUT2D eigenvalue weighted by Gasteiger charge is -2.27. The topological polar surface area (TPSA) is 49.3 Å². The Labute approximate surface area is 121 Å². The molecule has 1 saturated carbocycles. The number of carbonyl (C=O) groups is 1. The number of benzene rings is 1. The lowest BCUT2D eigenvalue weighted by molar-refractivity contribution is 0.0920. The van der Waals surface area contributed by atoms with Crippen molar-refractivity contribution in [3.63, 3.8) is 0 Å². The minimum absolute atomic E-state index is 0.0814. The monoisotopic (exact) mass is 275 g/mol. The van der Waals surface area contributed by atoms with E-state index < -0.39 is 0 Å². The van der Waals surface area contributed by atoms with Gasteiger partial charge in [-0.15, -0.1) is 0 Å². The number of rotatable bonds is 3. The molecule has 0 unspecified atom stereocenters. The smallest absolute Gasteiger partial charge is 0.255 e. The summed E-state index contributed by atoms with van der Waals surface area (Å²) in [5.41, 5.74) is 1.43. The predicted octanol–water partition coefficient (Wildman–Crippen LogP) is 3.82. The van der Waals surface area contributed by atoms with Crippen molar-refractivity contribution >= 4 is 5.91 Å². The van der Waals surface area contributed by atoms with Gasteiger partial charge >= 0.3 is 0 Å². The first-order valence-corrected chi connectivity index (χ1v) is 7.61. The van der Waals surface area contributed by atoms with Crippen LogP contribution in [0.15, 0.2) is 18.2 Å². The molecular formula is C17H25NO2. The molecule has 0 radical (unpaired) electrons. The average molecular weight is 275 g/mol. The van der Waals surface area contributed by atoms with Crippen molar-refractivity contribution in [3.05, 3.63) is 29.3 Å². The molecule has 0 aliphatic heterocycles. The van der Waals surface area contributed by atoms with E-state index in [1.165, 1.54) is 12.8 Å². The predicted molar refractivity (Wildman–Crippen MR) is 81.1 cm³/mol. The van der Waals surface area contributed by atoms with Crippen LogP contribution >= 0.6 is 0 Å². The van der Waals surface area contributed by atoms with Crippen LogP contribution in [0.2, 0.25) is 0 Å². The number of phenols is 1. The van der Waals surface area contributed by atoms with Gasteiger partial charge in [-0.1, -0.05) is 26.8 Å². The summed E-state index contributed by atoms with van der Waals surface area (Å²) in [6.07, 6.45) is 4.42. The van der Waals surface area contributed by atoms with Gasteiger partial charge < -0.3 is 10.4 Å². The van der Waals surface area contributed by atoms with Crippen molar-refractivity contribution < 1.29 is 9.90 Å². The van der Waals surface area contributed by atoms with E-state index in [1.807, 2.05) is 6.07 Å². The molecule has 1 aromatic carbocycles. The Morgan fingerprint density at radius 1 is 1.25 bits per heavy atom. The molecule has 1 fully saturated rings. The maximum Gasteiger partial charge on any atom is 0.255 e. The van der Waals surface area contributed by atoms with E-state index >= 15 is 0 Å². The number of aromatic hydroxyl groups is 1. The second-order valence-electron chi connectivity index (χ2n) is 6.36. The highest BCUT2D eigenvalue weighted by Crippen LogP contribution is 2.26. The van der Waals surface area contributed by atoms with Gasteiger partial charge in [0.05, 0.1) is 5.56 Å². The quantitative estimate of drug-likeness (QED) is 0.881. The zero-order valence-electron chi connectivity index (χ0n) is 12.6. The Kier molecular flexibility index (Phi) is 4.69. The van der Waals surface area contributed by atoms with E-state index in [4.69, 9.17) is 0 Å². The summed E-state index contributed by atoms with van der Waals surface area (Å²) in [6, 6.07) is 5.60. The second kappa shape index (κ2) is 6.29. The van der Waals surface area contributed by atoms with Gasteiger partial charge in [0, 0.05) is 6.04 Å². The number of carbonyl (C=O) groups excluding carboxylic acids is 1. The van der Waals surface area contributed by atoms with Crippen molar-refractivity contribution in [1.29, 1.82) is 0 Å². The van der Waals surface area contributed by atoms with E-state index in [0.29, 0.717) is 11.5 Å². The molecule has 2 rings (SSSR count). The highest BCUT2D eigenvalue weighted by atomic mass is 16.3. The summed E-state index contributed by atoms with van der Waals surface area (Å²) < 4.78 is 0. The molecule has 0 atom stereocenters. The third-order valence-electron chi connectivity index (χ3n) is 4.28. The standard InChI is InChI=1S/C17H25NO2/c1-11(2)13-6-9-15(16(19)10-13)17(20)18-14-7-4-12(3)5-8-14/h6,9-12,14,19H,4-5,7-8H2,1-3H3,(H,18,20). The van der Waals surface area contributed by atoms with Crippen LogP contribution in [0.1, 0.15) is 68.3 Å². The molecule has 0 saturated heterocycles. The van der Waals surface area contributed by atoms with Crippen molar-refractivity contribution in [2.45, 2.75) is 58.4 Å². The summed E-state index contributed by atoms with van der Waals surface area (Å²) in [4.78, 5) is 12.2. The summed E-state index contributed by atoms with van der Waals surface area (Å²) in [5.74, 6) is 1.04. The Hall–Kier alpha value is -1.51. The molecule has 0 spiro atoms. The Bertz CT molecular complexity index is 474. The van der Waals surface area contributed by atoms with Gasteiger partial charge in [0.15, 0.2) is 0 Å². The molecule has 3 heteroatoms. The number of hydrogen-bond acceptors (Lipinski definition) is 2. The van der Waals surface area contributed by atoms with E-state index in [0.717, 1.165) is 24.3 Å². The molecule has 110 valence electrons. The van der Waals surface area contributed by atoms with E-state index in [1.54, 1.807) is 12.1 Å². The van der Waals surface area contributed by atoms with Gasteiger partial charge in [0.25, 0.3) is 5.91 Å². The Morgan fingerprint density at radius 2 is 1.90 bits per heavy atom. The average Bonchev–Trinajstić information content (AvgIpc) is 2.41. The Morgan fingerprint density at radius 3 is 2.45 bits per heavy atom. The van der Waals surface area contributed by atoms with Crippen molar-refractivity contribution in [2.24, 2.45) is 5.92 Å². The molecule has 20 heavy (non-hydrogen) atoms. The first kappa shape index (κ1) is 14.9. The lowest BCUT2D eigenvalue weighted by atomic mass is 9.87. The van der Waals surface area contributed by atoms with Crippen LogP contribution in [0.4, 0.5) is 0 Å². The van der Waals surface area contributed by atoms with Crippen LogP contribution < -0.4 is 5.32 Å². The number of phenolic OH excluding ortho intramolecular Hbond substituents is 1. The normalized spacial score (nSPS) is 22.8. The van der Waals surface area contributed by atoms with Crippen molar-refractivity contribution in [1.82, 2.24) is 5.32 Å². The van der Waals surface area contributed by atoms with Gasteiger partial charge in [-0.05, 0) is 55.2 Å². The SMILES string of the molecule is CC1CCC(NC(=O)c2ccc(C(C)C)cc2O)CC1. The minimum Gasteiger partial charge on any atom is -0.507 e. The van der Waals surface area contributed by atoms with Crippen LogP contribution in [0, 0.1) is 5.92 Å². The Balaban J connectivity index is 2.02. The summed E-state index contributed by atoms with van der Waals surface area (Å²) >= 11 is 0. The van der Waals surface area contributed by atoms with Crippen LogP contribution in [-0.2, 0) is 0 Å². The number of amides is 1. The molecule has 0 aromatic heterocycles. The van der Waals surface area contributed by atoms with Gasteiger partial charge in [0.2, 0.25) is 0 Å². The van der Waals surface area contributed by atoms with Crippen LogP contribution in [0.3, 0.4) is 0 Å². The first-order valence-electron chi connectivity index (χ1n) is 7.61. The molecule has 1 amide bonds. The highest BCUT2D eigenvalue weighted by Gasteiger charge is 2.21. The molecule has 1 aromatic rings. The molecule has 3 nitrogen and oxygen atoms in total. The third-order valence-corrected chi connectivity index (χ3v) is 4.28. The molecule has 1 aliphatic rings. The molecular weight excluding hydrogens is 250 g/mol. The van der Waals surface area contributed by atoms with E-state index in [2.05, 4.69) is 26.1 Å². The van der Waals surface area contributed by atoms with E-state index in [-0.39, 0.29) is 17.7 Å². The molecule has 1 aliphatic carbocycles. The second-order valence-corrected chi connectivity index (χ2v) is 6.36. The fourth-order valence-corrected chi connectivity index (χ4v) is 2.77. The maximum absolute atomic E-state index is 12.2. The molecule has 0 bridgehead atoms. The fraction of sp³-hybridized carbons (Fsp3) is 0.588. The van der Waals surface area contributed by atoms with Crippen LogP contribution in [-0.4, -0.2) is 17.1 Å². The van der Waals surface area contributed by atoms with Crippen LogP contribution in [0.25, 0.3) is 0 Å². The number of nitrogens with one attached hydrogen (secondary N) is 1. The van der Waals surface area contributed by atoms with Crippen LogP contribution in [0.5, 0.6) is 5.75 Å². The lowest BCUT2D eigenvalue weighted by Crippen LogP contribution is -2.37. The van der Waals surface area contributed by atoms with Crippen molar-refractivity contribution in [3.8, 4) is 5.75 Å². The zero-order valence-corrected chi connectivity index (χ0v) is 12.6. The molecule has 2 N–H and O–H groups in total. The van der Waals surface area contributed by atoms with Gasteiger partial charge in [-0.2, -0.15) is 0 Å². The minimum atomic E-state index is -0.155. The van der Waals surface area contributed by atoms with Gasteiger partial charge in [-0.3, -0.25) is 4.79 Å². The summed E-state index contributed by atoms with van der Waals surface area (Å²) in [5, 5.41) is 13.1. The fourth-order valence-electron chi connectivity index (χ4n) is 2.77. The first-order chi connectivity index (χ1) is 9.47. The summed E-state index contributed by atoms with van der Waals surface area (Å²) in [6.45, 7) is 6.39. The largest absolute Gasteiger partial charge is 0.507 e. The highest BCUT2D eigenvalue weighted by molar-refractivity contribution is 5.97. The number of hydrogen-bond donors (Lipinski definition) is 2. The van der Waals surface area contributed by atoms with Gasteiger partial charge in [-0.25, -0.2) is 0 Å². The maximum atomic E-state index is 12.2.